The highest BCUT2D eigenvalue weighted by Crippen LogP contribution is 1.91. The third-order valence-electron chi connectivity index (χ3n) is 1.08. The second-order valence-electron chi connectivity index (χ2n) is 1.97. The Morgan fingerprint density at radius 1 is 1.73 bits per heavy atom. The van der Waals surface area contributed by atoms with Crippen LogP contribution in [0.25, 0.3) is 0 Å². The van der Waals surface area contributed by atoms with Gasteiger partial charge < -0.3 is 10.8 Å². The smallest absolute Gasteiger partial charge is 0.311 e. The molecule has 0 saturated carbocycles. The van der Waals surface area contributed by atoms with Crippen LogP contribution in [0.3, 0.4) is 0 Å². The number of hydrogen-bond acceptors (Lipinski definition) is 4. The van der Waals surface area contributed by atoms with Crippen LogP contribution in [0.5, 0.6) is 0 Å². The highest BCUT2D eigenvalue weighted by atomic mass is 16.4. The minimum absolute atomic E-state index is 0.146. The molecular weight excluding hydrogens is 148 g/mol. The zero-order valence-corrected chi connectivity index (χ0v) is 5.74. The van der Waals surface area contributed by atoms with Crippen LogP contribution < -0.4 is 5.73 Å². The number of H-pyrrole nitrogens is 1. The Hall–Kier alpha value is -1.43. The van der Waals surface area contributed by atoms with Crippen molar-refractivity contribution in [2.45, 2.75) is 13.0 Å². The lowest BCUT2D eigenvalue weighted by Crippen LogP contribution is -2.02. The number of aliphatic carboxylic acids is 1. The second kappa shape index (κ2) is 3.11. The molecule has 0 aliphatic rings. The van der Waals surface area contributed by atoms with E-state index in [0.29, 0.717) is 11.6 Å². The lowest BCUT2D eigenvalue weighted by Gasteiger charge is -1.85. The quantitative estimate of drug-likeness (QED) is 0.514. The number of nitrogens with two attached hydrogens (primary N) is 1. The summed E-state index contributed by atoms with van der Waals surface area (Å²) in [6.07, 6.45) is -0.146. The Kier molecular flexibility index (Phi) is 2.17. The molecule has 0 saturated heterocycles. The summed E-state index contributed by atoms with van der Waals surface area (Å²) >= 11 is 0. The monoisotopic (exact) mass is 156 g/mol. The number of carboxylic acids is 1. The molecule has 1 heterocycles. The van der Waals surface area contributed by atoms with E-state index in [-0.39, 0.29) is 13.0 Å². The minimum atomic E-state index is -0.940. The summed E-state index contributed by atoms with van der Waals surface area (Å²) in [4.78, 5) is 13.9. The van der Waals surface area contributed by atoms with Crippen molar-refractivity contribution in [1.82, 2.24) is 15.2 Å². The molecule has 0 fully saturated rings. The van der Waals surface area contributed by atoms with Crippen molar-refractivity contribution in [1.29, 1.82) is 0 Å². The third kappa shape index (κ3) is 2.01. The molecule has 0 spiro atoms. The van der Waals surface area contributed by atoms with Gasteiger partial charge in [0, 0.05) is 0 Å². The number of nitrogens with one attached hydrogen (secondary N) is 1. The first-order chi connectivity index (χ1) is 5.22. The fraction of sp³-hybridized carbons (Fsp3) is 0.400. The number of carbonyl (C=O) groups is 1. The van der Waals surface area contributed by atoms with Gasteiger partial charge in [-0.1, -0.05) is 0 Å². The predicted octanol–water partition coefficient (Wildman–Crippen LogP) is -1.11. The Morgan fingerprint density at radius 2 is 2.45 bits per heavy atom. The molecule has 1 rings (SSSR count). The van der Waals surface area contributed by atoms with Crippen LogP contribution in [0.1, 0.15) is 11.6 Å². The molecule has 0 aliphatic heterocycles. The Bertz CT molecular complexity index is 257. The molecule has 0 bridgehead atoms. The van der Waals surface area contributed by atoms with Gasteiger partial charge in [0.15, 0.2) is 5.82 Å². The van der Waals surface area contributed by atoms with Gasteiger partial charge in [-0.25, -0.2) is 4.98 Å². The average molecular weight is 156 g/mol. The van der Waals surface area contributed by atoms with Gasteiger partial charge in [-0.2, -0.15) is 5.10 Å². The molecule has 0 radical (unpaired) electrons. The molecule has 11 heavy (non-hydrogen) atoms. The van der Waals surface area contributed by atoms with Crippen molar-refractivity contribution in [2.75, 3.05) is 0 Å². The first-order valence-corrected chi connectivity index (χ1v) is 3.04. The number of rotatable bonds is 3. The van der Waals surface area contributed by atoms with Gasteiger partial charge in [-0.3, -0.25) is 9.89 Å². The molecule has 6 nitrogen and oxygen atoms in total. The topological polar surface area (TPSA) is 105 Å². The maximum absolute atomic E-state index is 10.1. The molecule has 60 valence electrons. The van der Waals surface area contributed by atoms with Crippen LogP contribution in [0.2, 0.25) is 0 Å². The summed E-state index contributed by atoms with van der Waals surface area (Å²) in [6.45, 7) is 0.218. The van der Waals surface area contributed by atoms with E-state index >= 15 is 0 Å². The van der Waals surface area contributed by atoms with E-state index in [9.17, 15) is 4.79 Å². The van der Waals surface area contributed by atoms with Gasteiger partial charge in [0.1, 0.15) is 12.2 Å². The van der Waals surface area contributed by atoms with Crippen molar-refractivity contribution in [2.24, 2.45) is 5.73 Å². The number of hydrogen-bond donors (Lipinski definition) is 3. The second-order valence-corrected chi connectivity index (χ2v) is 1.97. The van der Waals surface area contributed by atoms with Crippen LogP contribution in [0.4, 0.5) is 0 Å². The number of aromatic amines is 1. The molecule has 0 unspecified atom stereocenters. The van der Waals surface area contributed by atoms with Crippen LogP contribution in [-0.2, 0) is 17.8 Å². The molecule has 1 aromatic heterocycles. The van der Waals surface area contributed by atoms with Crippen molar-refractivity contribution in [3.8, 4) is 0 Å². The Morgan fingerprint density at radius 3 is 2.91 bits per heavy atom. The number of nitrogens with zero attached hydrogens (tertiary/aromatic N) is 2. The van der Waals surface area contributed by atoms with Gasteiger partial charge >= 0.3 is 5.97 Å². The van der Waals surface area contributed by atoms with E-state index in [1.807, 2.05) is 0 Å². The zero-order valence-electron chi connectivity index (χ0n) is 5.74. The van der Waals surface area contributed by atoms with Crippen LogP contribution >= 0.6 is 0 Å². The molecule has 1 aromatic rings. The van der Waals surface area contributed by atoms with E-state index < -0.39 is 5.97 Å². The first kappa shape index (κ1) is 7.67. The van der Waals surface area contributed by atoms with E-state index in [1.165, 1.54) is 0 Å². The van der Waals surface area contributed by atoms with Crippen molar-refractivity contribution in [3.63, 3.8) is 0 Å². The summed E-state index contributed by atoms with van der Waals surface area (Å²) in [5.74, 6) is -0.177. The Labute approximate surface area is 62.4 Å². The lowest BCUT2D eigenvalue weighted by molar-refractivity contribution is -0.136. The summed E-state index contributed by atoms with van der Waals surface area (Å²) in [5.41, 5.74) is 5.20. The standard InChI is InChI=1S/C5H8N4O2/c6-2-4-7-3(8-9-4)1-5(10)11/h1-2,6H2,(H,10,11)(H,7,8,9). The van der Waals surface area contributed by atoms with Gasteiger partial charge in [-0.05, 0) is 0 Å². The largest absolute Gasteiger partial charge is 0.481 e. The van der Waals surface area contributed by atoms with E-state index in [2.05, 4.69) is 15.2 Å². The zero-order chi connectivity index (χ0) is 8.27. The van der Waals surface area contributed by atoms with Crippen molar-refractivity contribution in [3.05, 3.63) is 11.6 Å². The average Bonchev–Trinajstić information content (AvgIpc) is 2.34. The van der Waals surface area contributed by atoms with E-state index in [4.69, 9.17) is 10.8 Å². The number of carboxylic acid groups (broad SMARTS) is 1. The summed E-state index contributed by atoms with van der Waals surface area (Å²) in [6, 6.07) is 0. The van der Waals surface area contributed by atoms with Gasteiger partial charge in [0.25, 0.3) is 0 Å². The summed E-state index contributed by atoms with van der Waals surface area (Å²) < 4.78 is 0. The fourth-order valence-corrected chi connectivity index (χ4v) is 0.648. The Balaban J connectivity index is 2.65. The summed E-state index contributed by atoms with van der Waals surface area (Å²) in [5, 5.41) is 14.5. The van der Waals surface area contributed by atoms with Crippen molar-refractivity contribution < 1.29 is 9.90 Å². The maximum atomic E-state index is 10.1. The normalized spacial score (nSPS) is 9.91. The van der Waals surface area contributed by atoms with E-state index in [1.54, 1.807) is 0 Å². The third-order valence-corrected chi connectivity index (χ3v) is 1.08. The minimum Gasteiger partial charge on any atom is -0.481 e. The highest BCUT2D eigenvalue weighted by molar-refractivity contribution is 5.68. The van der Waals surface area contributed by atoms with Crippen LogP contribution in [0.15, 0.2) is 0 Å². The maximum Gasteiger partial charge on any atom is 0.311 e. The van der Waals surface area contributed by atoms with Gasteiger partial charge in [0.2, 0.25) is 0 Å². The number of aromatic nitrogens is 3. The molecular formula is C5H8N4O2. The molecule has 6 heteroatoms. The fourth-order valence-electron chi connectivity index (χ4n) is 0.648. The van der Waals surface area contributed by atoms with Crippen LogP contribution in [0, 0.1) is 0 Å². The molecule has 0 atom stereocenters. The van der Waals surface area contributed by atoms with Gasteiger partial charge in [0.05, 0.1) is 6.54 Å². The van der Waals surface area contributed by atoms with E-state index in [0.717, 1.165) is 0 Å². The highest BCUT2D eigenvalue weighted by Gasteiger charge is 2.04. The molecule has 0 amide bonds. The van der Waals surface area contributed by atoms with Crippen LogP contribution in [-0.4, -0.2) is 26.3 Å². The summed E-state index contributed by atoms with van der Waals surface area (Å²) in [7, 11) is 0. The van der Waals surface area contributed by atoms with Crippen molar-refractivity contribution >= 4 is 5.97 Å². The molecule has 0 aromatic carbocycles. The molecule has 4 N–H and O–H groups in total. The molecule has 0 aliphatic carbocycles. The van der Waals surface area contributed by atoms with Gasteiger partial charge in [-0.15, -0.1) is 0 Å². The predicted molar refractivity (Wildman–Crippen MR) is 35.6 cm³/mol. The SMILES string of the molecule is NCc1n[nH]c(CC(=O)O)n1. The first-order valence-electron chi connectivity index (χ1n) is 3.04. The lowest BCUT2D eigenvalue weighted by atomic mass is 10.4.